The molecule has 0 N–H and O–H groups in total. The SMILES string of the molecule is Brc1ccc(-c2cccc(-c3ccc4c(c3)c3ccccc3n4-c3ccccc3)c2)nc1. The number of fused-ring (bicyclic) bond motifs is 3. The van der Waals surface area contributed by atoms with Gasteiger partial charge in [-0.2, -0.15) is 0 Å². The van der Waals surface area contributed by atoms with Gasteiger partial charge in [-0.05, 0) is 75.6 Å². The molecule has 0 saturated heterocycles. The summed E-state index contributed by atoms with van der Waals surface area (Å²) in [6.07, 6.45) is 1.84. The zero-order valence-corrected chi connectivity index (χ0v) is 18.8. The van der Waals surface area contributed by atoms with Crippen molar-refractivity contribution in [2.75, 3.05) is 0 Å². The lowest BCUT2D eigenvalue weighted by molar-refractivity contribution is 1.18. The Morgan fingerprint density at radius 2 is 1.31 bits per heavy atom. The maximum Gasteiger partial charge on any atom is 0.0703 e. The summed E-state index contributed by atoms with van der Waals surface area (Å²) in [6.45, 7) is 0. The first-order valence-electron chi connectivity index (χ1n) is 10.6. The molecule has 0 aliphatic heterocycles. The van der Waals surface area contributed by atoms with Crippen molar-refractivity contribution in [3.63, 3.8) is 0 Å². The molecule has 0 atom stereocenters. The summed E-state index contributed by atoms with van der Waals surface area (Å²) >= 11 is 3.47. The van der Waals surface area contributed by atoms with E-state index in [0.717, 1.165) is 15.7 Å². The van der Waals surface area contributed by atoms with Gasteiger partial charge in [0, 0.05) is 32.7 Å². The van der Waals surface area contributed by atoms with Gasteiger partial charge in [0.05, 0.1) is 16.7 Å². The van der Waals surface area contributed by atoms with E-state index in [-0.39, 0.29) is 0 Å². The van der Waals surface area contributed by atoms with Crippen molar-refractivity contribution >= 4 is 37.7 Å². The molecule has 0 saturated carbocycles. The zero-order chi connectivity index (χ0) is 21.5. The molecule has 0 radical (unpaired) electrons. The minimum atomic E-state index is 0.969. The van der Waals surface area contributed by atoms with Gasteiger partial charge >= 0.3 is 0 Å². The van der Waals surface area contributed by atoms with Crippen molar-refractivity contribution in [2.45, 2.75) is 0 Å². The Labute approximate surface area is 194 Å². The molecular weight excluding hydrogens is 456 g/mol. The topological polar surface area (TPSA) is 17.8 Å². The second-order valence-corrected chi connectivity index (χ2v) is 8.78. The molecule has 0 bridgehead atoms. The van der Waals surface area contributed by atoms with Crippen LogP contribution in [0.5, 0.6) is 0 Å². The minimum Gasteiger partial charge on any atom is -0.309 e. The molecule has 2 heterocycles. The van der Waals surface area contributed by atoms with Gasteiger partial charge in [0.15, 0.2) is 0 Å². The molecule has 0 aliphatic carbocycles. The van der Waals surface area contributed by atoms with Crippen LogP contribution in [0.2, 0.25) is 0 Å². The molecule has 0 amide bonds. The Balaban J connectivity index is 1.53. The van der Waals surface area contributed by atoms with E-state index in [1.165, 1.54) is 38.6 Å². The lowest BCUT2D eigenvalue weighted by Crippen LogP contribution is -1.92. The van der Waals surface area contributed by atoms with Gasteiger partial charge in [0.1, 0.15) is 0 Å². The molecule has 6 rings (SSSR count). The molecule has 6 aromatic rings. The van der Waals surface area contributed by atoms with Gasteiger partial charge in [0.2, 0.25) is 0 Å². The van der Waals surface area contributed by atoms with Gasteiger partial charge < -0.3 is 4.57 Å². The summed E-state index contributed by atoms with van der Waals surface area (Å²) in [5.41, 5.74) is 8.08. The van der Waals surface area contributed by atoms with Gasteiger partial charge in [-0.25, -0.2) is 0 Å². The van der Waals surface area contributed by atoms with Crippen LogP contribution in [0.15, 0.2) is 120 Å². The van der Waals surface area contributed by atoms with Crippen molar-refractivity contribution in [2.24, 2.45) is 0 Å². The van der Waals surface area contributed by atoms with Crippen molar-refractivity contribution in [3.8, 4) is 28.1 Å². The van der Waals surface area contributed by atoms with E-state index in [1.54, 1.807) is 0 Å². The molecule has 4 aromatic carbocycles. The zero-order valence-electron chi connectivity index (χ0n) is 17.2. The van der Waals surface area contributed by atoms with E-state index in [1.807, 2.05) is 18.3 Å². The van der Waals surface area contributed by atoms with Crippen molar-refractivity contribution in [3.05, 3.63) is 120 Å². The molecule has 3 heteroatoms. The first kappa shape index (κ1) is 19.0. The van der Waals surface area contributed by atoms with Gasteiger partial charge in [-0.1, -0.05) is 60.7 Å². The van der Waals surface area contributed by atoms with Crippen LogP contribution in [-0.4, -0.2) is 9.55 Å². The highest BCUT2D eigenvalue weighted by molar-refractivity contribution is 9.10. The molecule has 32 heavy (non-hydrogen) atoms. The van der Waals surface area contributed by atoms with Gasteiger partial charge in [0.25, 0.3) is 0 Å². The highest BCUT2D eigenvalue weighted by Gasteiger charge is 2.13. The Morgan fingerprint density at radius 3 is 2.16 bits per heavy atom. The molecule has 0 aliphatic rings. The Morgan fingerprint density at radius 1 is 0.562 bits per heavy atom. The van der Waals surface area contributed by atoms with Crippen molar-refractivity contribution in [1.82, 2.24) is 9.55 Å². The largest absolute Gasteiger partial charge is 0.309 e. The third-order valence-electron chi connectivity index (χ3n) is 5.91. The van der Waals surface area contributed by atoms with Crippen LogP contribution < -0.4 is 0 Å². The number of pyridine rings is 1. The Hall–Kier alpha value is -3.69. The summed E-state index contributed by atoms with van der Waals surface area (Å²) in [4.78, 5) is 4.56. The number of rotatable bonds is 3. The minimum absolute atomic E-state index is 0.969. The first-order valence-corrected chi connectivity index (χ1v) is 11.4. The van der Waals surface area contributed by atoms with Gasteiger partial charge in [-0.15, -0.1) is 0 Å². The lowest BCUT2D eigenvalue weighted by Gasteiger charge is -2.09. The molecule has 0 spiro atoms. The Bertz CT molecular complexity index is 1560. The third-order valence-corrected chi connectivity index (χ3v) is 6.38. The van der Waals surface area contributed by atoms with E-state index in [9.17, 15) is 0 Å². The van der Waals surface area contributed by atoms with Crippen LogP contribution in [-0.2, 0) is 0 Å². The average Bonchev–Trinajstić information content (AvgIpc) is 3.19. The molecule has 152 valence electrons. The van der Waals surface area contributed by atoms with E-state index >= 15 is 0 Å². The first-order chi connectivity index (χ1) is 15.8. The smallest absolute Gasteiger partial charge is 0.0703 e. The highest BCUT2D eigenvalue weighted by atomic mass is 79.9. The summed E-state index contributed by atoms with van der Waals surface area (Å²) < 4.78 is 3.33. The van der Waals surface area contributed by atoms with Gasteiger partial charge in [-0.3, -0.25) is 4.98 Å². The molecular formula is C29H19BrN2. The highest BCUT2D eigenvalue weighted by Crippen LogP contribution is 2.35. The number of halogens is 1. The fraction of sp³-hybridized carbons (Fsp3) is 0. The number of nitrogens with zero attached hydrogens (tertiary/aromatic N) is 2. The summed E-state index contributed by atoms with van der Waals surface area (Å²) in [5, 5.41) is 2.52. The predicted octanol–water partition coefficient (Wildman–Crippen LogP) is 8.28. The van der Waals surface area contributed by atoms with Crippen molar-refractivity contribution in [1.29, 1.82) is 0 Å². The maximum absolute atomic E-state index is 4.56. The second kappa shape index (κ2) is 7.77. The van der Waals surface area contributed by atoms with E-state index in [2.05, 4.69) is 123 Å². The monoisotopic (exact) mass is 474 g/mol. The van der Waals surface area contributed by atoms with E-state index < -0.39 is 0 Å². The van der Waals surface area contributed by atoms with E-state index in [4.69, 9.17) is 0 Å². The summed E-state index contributed by atoms with van der Waals surface area (Å²) in [5.74, 6) is 0. The summed E-state index contributed by atoms with van der Waals surface area (Å²) in [7, 11) is 0. The van der Waals surface area contributed by atoms with Crippen LogP contribution in [0, 0.1) is 0 Å². The lowest BCUT2D eigenvalue weighted by atomic mass is 9.99. The fourth-order valence-electron chi connectivity index (χ4n) is 4.41. The molecule has 0 unspecified atom stereocenters. The molecule has 2 nitrogen and oxygen atoms in total. The molecule has 2 aromatic heterocycles. The number of hydrogen-bond acceptors (Lipinski definition) is 1. The van der Waals surface area contributed by atoms with Crippen LogP contribution >= 0.6 is 15.9 Å². The fourth-order valence-corrected chi connectivity index (χ4v) is 4.65. The quantitative estimate of drug-likeness (QED) is 0.252. The molecule has 0 fully saturated rings. The second-order valence-electron chi connectivity index (χ2n) is 7.86. The number of benzene rings is 4. The van der Waals surface area contributed by atoms with Crippen molar-refractivity contribution < 1.29 is 0 Å². The number of hydrogen-bond donors (Lipinski definition) is 0. The predicted molar refractivity (Wildman–Crippen MR) is 137 cm³/mol. The average molecular weight is 475 g/mol. The van der Waals surface area contributed by atoms with Crippen LogP contribution in [0.25, 0.3) is 49.9 Å². The van der Waals surface area contributed by atoms with Crippen LogP contribution in [0.4, 0.5) is 0 Å². The maximum atomic E-state index is 4.56. The third kappa shape index (κ3) is 3.22. The van der Waals surface area contributed by atoms with Crippen LogP contribution in [0.3, 0.4) is 0 Å². The summed E-state index contributed by atoms with van der Waals surface area (Å²) in [6, 6.07) is 38.6. The standard InChI is InChI=1S/C29H19BrN2/c30-23-14-15-27(31-19-23)22-8-6-7-20(17-22)21-13-16-29-26(18-21)25-11-4-5-12-28(25)32(29)24-9-2-1-3-10-24/h1-19H. The number of para-hydroxylation sites is 2. The van der Waals surface area contributed by atoms with Crippen LogP contribution in [0.1, 0.15) is 0 Å². The van der Waals surface area contributed by atoms with E-state index in [0.29, 0.717) is 0 Å². The number of aromatic nitrogens is 2. The normalized spacial score (nSPS) is 11.3. The Kier molecular flexibility index (Phi) is 4.62.